The molecule has 0 saturated carbocycles. The normalized spacial score (nSPS) is 16.9. The molecule has 1 heterocycles. The van der Waals surface area contributed by atoms with E-state index in [1.165, 1.54) is 6.92 Å². The third kappa shape index (κ3) is 7.18. The van der Waals surface area contributed by atoms with E-state index in [9.17, 15) is 14.4 Å². The zero-order valence-corrected chi connectivity index (χ0v) is 19.4. The average molecular weight is 468 g/mol. The summed E-state index contributed by atoms with van der Waals surface area (Å²) in [5.41, 5.74) is 2.68. The van der Waals surface area contributed by atoms with Crippen LogP contribution in [0.1, 0.15) is 32.8 Å². The maximum atomic E-state index is 12.4. The molecule has 172 valence electrons. The summed E-state index contributed by atoms with van der Waals surface area (Å²) in [5.74, 6) is -0.00643. The van der Waals surface area contributed by atoms with Gasteiger partial charge in [-0.15, -0.1) is 5.10 Å². The number of hydrogen-bond acceptors (Lipinski definition) is 7. The number of carbonyl (C=O) groups is 3. The maximum absolute atomic E-state index is 12.4. The maximum Gasteiger partial charge on any atom is 0.240 e. The Bertz CT molecular complexity index is 1100. The quantitative estimate of drug-likeness (QED) is 0.406. The largest absolute Gasteiger partial charge is 0.494 e. The minimum absolute atomic E-state index is 0.00416. The van der Waals surface area contributed by atoms with Crippen LogP contribution in [-0.2, 0) is 14.4 Å². The molecule has 1 fully saturated rings. The molecule has 0 aliphatic carbocycles. The van der Waals surface area contributed by atoms with Crippen molar-refractivity contribution in [2.45, 2.75) is 32.4 Å². The van der Waals surface area contributed by atoms with E-state index in [1.54, 1.807) is 49.4 Å². The zero-order chi connectivity index (χ0) is 23.8. The van der Waals surface area contributed by atoms with Crippen LogP contribution in [0.2, 0.25) is 0 Å². The number of thioether (sulfide) groups is 1. The highest BCUT2D eigenvalue weighted by molar-refractivity contribution is 8.15. The van der Waals surface area contributed by atoms with Gasteiger partial charge in [-0.3, -0.25) is 14.4 Å². The Hall–Kier alpha value is -3.66. The fraction of sp³-hybridized carbons (Fsp3) is 0.261. The van der Waals surface area contributed by atoms with Gasteiger partial charge < -0.3 is 20.7 Å². The summed E-state index contributed by atoms with van der Waals surface area (Å²) in [6.45, 7) is 5.68. The summed E-state index contributed by atoms with van der Waals surface area (Å²) < 4.78 is 5.38. The highest BCUT2D eigenvalue weighted by Crippen LogP contribution is 2.24. The van der Waals surface area contributed by atoms with Crippen molar-refractivity contribution in [3.8, 4) is 5.75 Å². The Morgan fingerprint density at radius 1 is 1.09 bits per heavy atom. The van der Waals surface area contributed by atoms with Crippen molar-refractivity contribution in [1.82, 2.24) is 5.32 Å². The van der Waals surface area contributed by atoms with Gasteiger partial charge in [0.15, 0.2) is 5.17 Å². The molecule has 0 aromatic heterocycles. The van der Waals surface area contributed by atoms with Gasteiger partial charge in [-0.05, 0) is 55.8 Å². The standard InChI is InChI=1S/C23H25N5O4S/c1-4-32-19-10-8-17(9-11-19)25-21(30)13-20-22(31)26-23(33-20)28-27-14(2)16-6-5-7-18(12-16)24-15(3)29/h5-12,20H,4,13H2,1-3H3,(H,24,29)(H,25,30)(H,26,28,31)/b27-14+. The van der Waals surface area contributed by atoms with E-state index in [-0.39, 0.29) is 24.1 Å². The third-order valence-electron chi connectivity index (χ3n) is 4.49. The molecule has 9 nitrogen and oxygen atoms in total. The highest BCUT2D eigenvalue weighted by atomic mass is 32.2. The van der Waals surface area contributed by atoms with Crippen molar-refractivity contribution in [2.24, 2.45) is 10.2 Å². The molecule has 1 aliphatic heterocycles. The van der Waals surface area contributed by atoms with Gasteiger partial charge >= 0.3 is 0 Å². The second-order valence-electron chi connectivity index (χ2n) is 7.16. The van der Waals surface area contributed by atoms with Crippen LogP contribution < -0.4 is 20.7 Å². The molecule has 3 N–H and O–H groups in total. The SMILES string of the molecule is CCOc1ccc(NC(=O)CC2S/C(=N\N=C(/C)c3cccc(NC(C)=O)c3)NC2=O)cc1. The Kier molecular flexibility index (Phi) is 8.20. The smallest absolute Gasteiger partial charge is 0.240 e. The minimum Gasteiger partial charge on any atom is -0.494 e. The highest BCUT2D eigenvalue weighted by Gasteiger charge is 2.32. The summed E-state index contributed by atoms with van der Waals surface area (Å²) in [7, 11) is 0. The molecule has 1 saturated heterocycles. The van der Waals surface area contributed by atoms with Crippen molar-refractivity contribution in [2.75, 3.05) is 17.2 Å². The zero-order valence-electron chi connectivity index (χ0n) is 18.5. The van der Waals surface area contributed by atoms with Crippen molar-refractivity contribution >= 4 is 51.7 Å². The molecule has 1 unspecified atom stereocenters. The van der Waals surface area contributed by atoms with Crippen LogP contribution in [0.3, 0.4) is 0 Å². The lowest BCUT2D eigenvalue weighted by molar-refractivity contribution is -0.122. The average Bonchev–Trinajstić information content (AvgIpc) is 3.12. The summed E-state index contributed by atoms with van der Waals surface area (Å²) in [6, 6.07) is 14.2. The number of rotatable bonds is 8. The molecule has 3 rings (SSSR count). The molecule has 1 aliphatic rings. The molecule has 2 aromatic carbocycles. The molecule has 33 heavy (non-hydrogen) atoms. The summed E-state index contributed by atoms with van der Waals surface area (Å²) >= 11 is 1.16. The third-order valence-corrected chi connectivity index (χ3v) is 5.56. The fourth-order valence-corrected chi connectivity index (χ4v) is 3.89. The van der Waals surface area contributed by atoms with Gasteiger partial charge in [0.05, 0.1) is 12.3 Å². The predicted molar refractivity (Wildman–Crippen MR) is 131 cm³/mol. The first-order valence-electron chi connectivity index (χ1n) is 10.3. The predicted octanol–water partition coefficient (Wildman–Crippen LogP) is 3.38. The number of ether oxygens (including phenoxy) is 1. The van der Waals surface area contributed by atoms with E-state index in [4.69, 9.17) is 4.74 Å². The van der Waals surface area contributed by atoms with Gasteiger partial charge in [0.25, 0.3) is 0 Å². The molecule has 2 aromatic rings. The molecule has 3 amide bonds. The van der Waals surface area contributed by atoms with Crippen LogP contribution in [0.4, 0.5) is 11.4 Å². The van der Waals surface area contributed by atoms with Crippen molar-refractivity contribution < 1.29 is 19.1 Å². The number of hydrogen-bond donors (Lipinski definition) is 3. The van der Waals surface area contributed by atoms with E-state index in [1.807, 2.05) is 13.0 Å². The number of carbonyl (C=O) groups excluding carboxylic acids is 3. The van der Waals surface area contributed by atoms with Crippen LogP contribution in [0.15, 0.2) is 58.7 Å². The van der Waals surface area contributed by atoms with E-state index in [2.05, 4.69) is 26.2 Å². The van der Waals surface area contributed by atoms with Crippen molar-refractivity contribution in [3.63, 3.8) is 0 Å². The number of benzene rings is 2. The van der Waals surface area contributed by atoms with Gasteiger partial charge in [0, 0.05) is 24.7 Å². The minimum atomic E-state index is -0.593. The first-order valence-corrected chi connectivity index (χ1v) is 11.2. The van der Waals surface area contributed by atoms with Gasteiger partial charge in [-0.1, -0.05) is 23.9 Å². The molecular weight excluding hydrogens is 442 g/mol. The van der Waals surface area contributed by atoms with E-state index in [0.29, 0.717) is 28.9 Å². The van der Waals surface area contributed by atoms with E-state index in [0.717, 1.165) is 23.1 Å². The molecule has 10 heteroatoms. The topological polar surface area (TPSA) is 121 Å². The van der Waals surface area contributed by atoms with Crippen LogP contribution in [0, 0.1) is 0 Å². The fourth-order valence-electron chi connectivity index (χ4n) is 2.97. The molecule has 0 spiro atoms. The first-order chi connectivity index (χ1) is 15.8. The van der Waals surface area contributed by atoms with Gasteiger partial charge in [-0.2, -0.15) is 5.10 Å². The lowest BCUT2D eigenvalue weighted by Gasteiger charge is -2.08. The van der Waals surface area contributed by atoms with E-state index >= 15 is 0 Å². The molecular formula is C23H25N5O4S. The number of nitrogens with one attached hydrogen (secondary N) is 3. The molecule has 1 atom stereocenters. The lowest BCUT2D eigenvalue weighted by Crippen LogP contribution is -2.28. The Morgan fingerprint density at radius 2 is 1.85 bits per heavy atom. The summed E-state index contributed by atoms with van der Waals surface area (Å²) in [4.78, 5) is 35.8. The van der Waals surface area contributed by atoms with Gasteiger partial charge in [0.2, 0.25) is 17.7 Å². The van der Waals surface area contributed by atoms with Crippen LogP contribution in [0.5, 0.6) is 5.75 Å². The lowest BCUT2D eigenvalue weighted by atomic mass is 10.1. The second kappa shape index (κ2) is 11.3. The number of nitrogens with zero attached hydrogens (tertiary/aromatic N) is 2. The Labute approximate surface area is 196 Å². The monoisotopic (exact) mass is 467 g/mol. The number of anilines is 2. The number of amides is 3. The van der Waals surface area contributed by atoms with Crippen molar-refractivity contribution in [3.05, 3.63) is 54.1 Å². The van der Waals surface area contributed by atoms with Crippen LogP contribution >= 0.6 is 11.8 Å². The molecule has 0 radical (unpaired) electrons. The van der Waals surface area contributed by atoms with Gasteiger partial charge in [0.1, 0.15) is 11.0 Å². The Balaban J connectivity index is 1.57. The first kappa shape index (κ1) is 24.0. The summed E-state index contributed by atoms with van der Waals surface area (Å²) in [6.07, 6.45) is 0.00416. The van der Waals surface area contributed by atoms with E-state index < -0.39 is 5.25 Å². The van der Waals surface area contributed by atoms with Crippen LogP contribution in [-0.4, -0.2) is 40.5 Å². The van der Waals surface area contributed by atoms with Crippen molar-refractivity contribution in [1.29, 1.82) is 0 Å². The number of amidine groups is 1. The second-order valence-corrected chi connectivity index (χ2v) is 8.35. The Morgan fingerprint density at radius 3 is 2.55 bits per heavy atom. The van der Waals surface area contributed by atoms with Crippen LogP contribution in [0.25, 0.3) is 0 Å². The molecule has 0 bridgehead atoms. The summed E-state index contributed by atoms with van der Waals surface area (Å²) in [5, 5.41) is 16.2. The van der Waals surface area contributed by atoms with Gasteiger partial charge in [-0.25, -0.2) is 0 Å².